The molecular formula is C26H28N2O. The van der Waals surface area contributed by atoms with E-state index < -0.39 is 0 Å². The van der Waals surface area contributed by atoms with Gasteiger partial charge in [0, 0.05) is 17.0 Å². The van der Waals surface area contributed by atoms with Crippen LogP contribution in [0.5, 0.6) is 5.75 Å². The molecule has 0 aliphatic rings. The van der Waals surface area contributed by atoms with E-state index in [1.807, 2.05) is 12.4 Å². The standard InChI is InChI=1S/C26H28N2O/c1-4-5-12-29-22-10-9-21(19(3)14-22)8-7-20-15-24-23-11-6-18(2)13-25(23)28-17-26(24)27-16-20/h6,9-11,13-17H,4-5,7-8,12H2,1-3H3. The highest BCUT2D eigenvalue weighted by atomic mass is 16.5. The summed E-state index contributed by atoms with van der Waals surface area (Å²) in [4.78, 5) is 9.23. The van der Waals surface area contributed by atoms with Crippen LogP contribution >= 0.6 is 0 Å². The first kappa shape index (κ1) is 19.4. The minimum atomic E-state index is 0.792. The molecule has 0 radical (unpaired) electrons. The lowest BCUT2D eigenvalue weighted by atomic mass is 9.99. The SMILES string of the molecule is CCCCOc1ccc(CCc2cnc3cnc4cc(C)ccc4c3c2)c(C)c1. The zero-order valence-electron chi connectivity index (χ0n) is 17.5. The van der Waals surface area contributed by atoms with Crippen LogP contribution in [0.2, 0.25) is 0 Å². The Morgan fingerprint density at radius 2 is 1.69 bits per heavy atom. The third-order valence-corrected chi connectivity index (χ3v) is 5.51. The Labute approximate surface area is 172 Å². The second kappa shape index (κ2) is 8.60. The molecule has 0 N–H and O–H groups in total. The van der Waals surface area contributed by atoms with Crippen molar-refractivity contribution in [3.05, 3.63) is 77.1 Å². The summed E-state index contributed by atoms with van der Waals surface area (Å²) < 4.78 is 5.83. The first-order valence-electron chi connectivity index (χ1n) is 10.5. The lowest BCUT2D eigenvalue weighted by molar-refractivity contribution is 0.309. The van der Waals surface area contributed by atoms with Crippen LogP contribution < -0.4 is 4.74 Å². The molecule has 2 heterocycles. The van der Waals surface area contributed by atoms with Crippen LogP contribution in [0.25, 0.3) is 21.8 Å². The molecule has 0 aliphatic heterocycles. The van der Waals surface area contributed by atoms with E-state index in [1.165, 1.54) is 33.0 Å². The Bertz CT molecular complexity index is 1150. The van der Waals surface area contributed by atoms with Crippen LogP contribution in [0.3, 0.4) is 0 Å². The van der Waals surface area contributed by atoms with Gasteiger partial charge < -0.3 is 4.74 Å². The Hall–Kier alpha value is -2.94. The maximum absolute atomic E-state index is 5.83. The molecule has 4 rings (SSSR count). The molecule has 0 aliphatic carbocycles. The summed E-state index contributed by atoms with van der Waals surface area (Å²) in [5, 5.41) is 2.36. The third-order valence-electron chi connectivity index (χ3n) is 5.51. The second-order valence-electron chi connectivity index (χ2n) is 7.85. The summed E-state index contributed by atoms with van der Waals surface area (Å²) in [7, 11) is 0. The number of hydrogen-bond acceptors (Lipinski definition) is 3. The zero-order valence-corrected chi connectivity index (χ0v) is 17.5. The molecule has 0 saturated heterocycles. The molecule has 0 amide bonds. The van der Waals surface area contributed by atoms with Crippen molar-refractivity contribution in [3.63, 3.8) is 0 Å². The van der Waals surface area contributed by atoms with E-state index in [1.54, 1.807) is 0 Å². The van der Waals surface area contributed by atoms with Gasteiger partial charge in [-0.2, -0.15) is 0 Å². The molecule has 2 aromatic heterocycles. The fourth-order valence-electron chi connectivity index (χ4n) is 3.73. The summed E-state index contributed by atoms with van der Waals surface area (Å²) >= 11 is 0. The van der Waals surface area contributed by atoms with Crippen molar-refractivity contribution in [2.24, 2.45) is 0 Å². The highest BCUT2D eigenvalue weighted by molar-refractivity contribution is 6.04. The van der Waals surface area contributed by atoms with E-state index in [2.05, 4.69) is 73.2 Å². The minimum Gasteiger partial charge on any atom is -0.494 e. The number of fused-ring (bicyclic) bond motifs is 3. The molecule has 3 heteroatoms. The van der Waals surface area contributed by atoms with Crippen molar-refractivity contribution in [1.29, 1.82) is 0 Å². The Morgan fingerprint density at radius 1 is 0.828 bits per heavy atom. The van der Waals surface area contributed by atoms with Crippen molar-refractivity contribution in [2.75, 3.05) is 6.61 Å². The first-order valence-corrected chi connectivity index (χ1v) is 10.5. The van der Waals surface area contributed by atoms with E-state index in [4.69, 9.17) is 4.74 Å². The smallest absolute Gasteiger partial charge is 0.119 e. The number of hydrogen-bond donors (Lipinski definition) is 0. The molecule has 0 bridgehead atoms. The number of aryl methyl sites for hydroxylation is 4. The number of aromatic nitrogens is 2. The maximum atomic E-state index is 5.83. The largest absolute Gasteiger partial charge is 0.494 e. The number of unbranched alkanes of at least 4 members (excludes halogenated alkanes) is 1. The normalized spacial score (nSPS) is 11.3. The molecule has 29 heavy (non-hydrogen) atoms. The summed E-state index contributed by atoms with van der Waals surface area (Å²) in [5.74, 6) is 0.973. The number of rotatable bonds is 7. The van der Waals surface area contributed by atoms with E-state index in [0.717, 1.165) is 49.1 Å². The fraction of sp³-hybridized carbons (Fsp3) is 0.308. The molecule has 3 nitrogen and oxygen atoms in total. The fourth-order valence-corrected chi connectivity index (χ4v) is 3.73. The third kappa shape index (κ3) is 4.40. The molecule has 0 unspecified atom stereocenters. The van der Waals surface area contributed by atoms with Gasteiger partial charge in [0.15, 0.2) is 0 Å². The maximum Gasteiger partial charge on any atom is 0.119 e. The average Bonchev–Trinajstić information content (AvgIpc) is 2.73. The van der Waals surface area contributed by atoms with Crippen molar-refractivity contribution >= 4 is 21.8 Å². The number of pyridine rings is 2. The van der Waals surface area contributed by atoms with Crippen molar-refractivity contribution in [1.82, 2.24) is 9.97 Å². The quantitative estimate of drug-likeness (QED) is 0.274. The zero-order chi connectivity index (χ0) is 20.2. The van der Waals surface area contributed by atoms with E-state index in [-0.39, 0.29) is 0 Å². The molecule has 0 spiro atoms. The van der Waals surface area contributed by atoms with Gasteiger partial charge in [-0.3, -0.25) is 9.97 Å². The Balaban J connectivity index is 1.53. The van der Waals surface area contributed by atoms with E-state index in [9.17, 15) is 0 Å². The van der Waals surface area contributed by atoms with Crippen LogP contribution in [0.1, 0.15) is 42.0 Å². The van der Waals surface area contributed by atoms with E-state index in [0.29, 0.717) is 0 Å². The van der Waals surface area contributed by atoms with Gasteiger partial charge in [-0.05, 0) is 79.6 Å². The first-order chi connectivity index (χ1) is 14.1. The van der Waals surface area contributed by atoms with Gasteiger partial charge in [0.1, 0.15) is 5.75 Å². The van der Waals surface area contributed by atoms with Gasteiger partial charge in [-0.1, -0.05) is 31.5 Å². The van der Waals surface area contributed by atoms with Gasteiger partial charge >= 0.3 is 0 Å². The summed E-state index contributed by atoms with van der Waals surface area (Å²) in [6, 6.07) is 15.2. The van der Waals surface area contributed by atoms with Crippen LogP contribution in [-0.2, 0) is 12.8 Å². The van der Waals surface area contributed by atoms with Crippen molar-refractivity contribution in [3.8, 4) is 5.75 Å². The van der Waals surface area contributed by atoms with Gasteiger partial charge in [0.2, 0.25) is 0 Å². The molecule has 4 aromatic rings. The summed E-state index contributed by atoms with van der Waals surface area (Å²) in [6.07, 6.45) is 8.08. The van der Waals surface area contributed by atoms with Gasteiger partial charge in [-0.15, -0.1) is 0 Å². The number of ether oxygens (including phenoxy) is 1. The molecular weight excluding hydrogens is 356 g/mol. The lowest BCUT2D eigenvalue weighted by Gasteiger charge is -2.11. The molecule has 0 fully saturated rings. The van der Waals surface area contributed by atoms with Gasteiger partial charge in [0.05, 0.1) is 23.8 Å². The van der Waals surface area contributed by atoms with Crippen LogP contribution in [-0.4, -0.2) is 16.6 Å². The van der Waals surface area contributed by atoms with Gasteiger partial charge in [-0.25, -0.2) is 0 Å². The molecule has 0 saturated carbocycles. The highest BCUT2D eigenvalue weighted by Gasteiger charge is 2.07. The molecule has 0 atom stereocenters. The van der Waals surface area contributed by atoms with Crippen LogP contribution in [0, 0.1) is 13.8 Å². The number of benzene rings is 2. The topological polar surface area (TPSA) is 35.0 Å². The average molecular weight is 385 g/mol. The Kier molecular flexibility index (Phi) is 5.75. The number of nitrogens with zero attached hydrogens (tertiary/aromatic N) is 2. The predicted molar refractivity (Wildman–Crippen MR) is 121 cm³/mol. The minimum absolute atomic E-state index is 0.792. The van der Waals surface area contributed by atoms with Crippen LogP contribution in [0.15, 0.2) is 54.9 Å². The monoisotopic (exact) mass is 384 g/mol. The molecule has 2 aromatic carbocycles. The summed E-state index contributed by atoms with van der Waals surface area (Å²) in [6.45, 7) is 7.24. The van der Waals surface area contributed by atoms with Crippen molar-refractivity contribution < 1.29 is 4.74 Å². The van der Waals surface area contributed by atoms with E-state index >= 15 is 0 Å². The molecule has 148 valence electrons. The van der Waals surface area contributed by atoms with Crippen molar-refractivity contribution in [2.45, 2.75) is 46.5 Å². The predicted octanol–water partition coefficient (Wildman–Crippen LogP) is 6.36. The summed E-state index contributed by atoms with van der Waals surface area (Å²) in [5.41, 5.74) is 7.13. The lowest BCUT2D eigenvalue weighted by Crippen LogP contribution is -1.99. The highest BCUT2D eigenvalue weighted by Crippen LogP contribution is 2.25. The Morgan fingerprint density at radius 3 is 2.52 bits per heavy atom. The van der Waals surface area contributed by atoms with Gasteiger partial charge in [0.25, 0.3) is 0 Å². The second-order valence-corrected chi connectivity index (χ2v) is 7.85. The van der Waals surface area contributed by atoms with Crippen LogP contribution in [0.4, 0.5) is 0 Å².